The topological polar surface area (TPSA) is 67.9 Å². The summed E-state index contributed by atoms with van der Waals surface area (Å²) in [6.45, 7) is 5.52. The van der Waals surface area contributed by atoms with E-state index in [1.54, 1.807) is 24.3 Å². The number of likely N-dealkylation sites (tertiary alicyclic amines) is 1. The molecule has 3 aliphatic rings. The minimum atomic E-state index is -0.0453. The van der Waals surface area contributed by atoms with Crippen LogP contribution < -0.4 is 14.8 Å². The lowest BCUT2D eigenvalue weighted by molar-refractivity contribution is 0.0909. The number of fused-ring (bicyclic) bond motifs is 1. The van der Waals surface area contributed by atoms with Crippen LogP contribution in [0.5, 0.6) is 11.5 Å². The first-order chi connectivity index (χ1) is 17.5. The van der Waals surface area contributed by atoms with Crippen molar-refractivity contribution in [1.29, 1.82) is 0 Å². The van der Waals surface area contributed by atoms with E-state index in [1.165, 1.54) is 0 Å². The Morgan fingerprint density at radius 3 is 2.56 bits per heavy atom. The van der Waals surface area contributed by atoms with E-state index < -0.39 is 0 Å². The summed E-state index contributed by atoms with van der Waals surface area (Å²) in [6, 6.07) is 12.8. The van der Waals surface area contributed by atoms with Crippen molar-refractivity contribution >= 4 is 23.3 Å². The Labute approximate surface area is 217 Å². The second-order valence-corrected chi connectivity index (χ2v) is 10.4. The van der Waals surface area contributed by atoms with Gasteiger partial charge < -0.3 is 19.7 Å². The molecule has 5 rings (SSSR count). The van der Waals surface area contributed by atoms with Gasteiger partial charge in [-0.15, -0.1) is 0 Å². The summed E-state index contributed by atoms with van der Waals surface area (Å²) >= 11 is 5.91. The van der Waals surface area contributed by atoms with Crippen molar-refractivity contribution in [2.45, 2.75) is 51.5 Å². The third kappa shape index (κ3) is 5.76. The third-order valence-electron chi connectivity index (χ3n) is 7.34. The number of allylic oxidation sites excluding steroid dienone is 2. The highest BCUT2D eigenvalue weighted by molar-refractivity contribution is 6.30. The van der Waals surface area contributed by atoms with E-state index in [0.717, 1.165) is 63.7 Å². The number of rotatable bonds is 9. The van der Waals surface area contributed by atoms with Crippen molar-refractivity contribution in [3.63, 3.8) is 0 Å². The van der Waals surface area contributed by atoms with Crippen molar-refractivity contribution < 1.29 is 19.1 Å². The van der Waals surface area contributed by atoms with Gasteiger partial charge in [-0.3, -0.25) is 9.59 Å². The molecule has 0 aromatic heterocycles. The molecule has 2 aromatic rings. The average molecular weight is 509 g/mol. The van der Waals surface area contributed by atoms with E-state index in [0.29, 0.717) is 45.9 Å². The normalized spacial score (nSPS) is 19.6. The zero-order valence-corrected chi connectivity index (χ0v) is 21.5. The average Bonchev–Trinajstić information content (AvgIpc) is 3.68. The molecule has 6 nitrogen and oxygen atoms in total. The van der Waals surface area contributed by atoms with Gasteiger partial charge in [0, 0.05) is 29.7 Å². The molecule has 1 amide bonds. The van der Waals surface area contributed by atoms with Crippen LogP contribution in [0.4, 0.5) is 0 Å². The Bertz CT molecular complexity index is 1150. The summed E-state index contributed by atoms with van der Waals surface area (Å²) in [4.78, 5) is 27.8. The van der Waals surface area contributed by atoms with E-state index >= 15 is 0 Å². The lowest BCUT2D eigenvalue weighted by atomic mass is 10.0. The van der Waals surface area contributed by atoms with E-state index in [1.807, 2.05) is 25.1 Å². The van der Waals surface area contributed by atoms with Crippen LogP contribution in [-0.4, -0.2) is 48.9 Å². The van der Waals surface area contributed by atoms with Crippen LogP contribution in [0.3, 0.4) is 0 Å². The van der Waals surface area contributed by atoms with Crippen LogP contribution in [0, 0.1) is 5.92 Å². The lowest BCUT2D eigenvalue weighted by Crippen LogP contribution is -2.44. The number of nitrogens with zero attached hydrogens (tertiary/aromatic N) is 1. The molecule has 0 radical (unpaired) electrons. The van der Waals surface area contributed by atoms with Gasteiger partial charge in [0.2, 0.25) is 5.78 Å². The predicted octanol–water partition coefficient (Wildman–Crippen LogP) is 5.65. The maximum Gasteiger partial charge on any atom is 0.251 e. The van der Waals surface area contributed by atoms with Gasteiger partial charge in [-0.25, -0.2) is 0 Å². The lowest BCUT2D eigenvalue weighted by Gasteiger charge is -2.32. The molecule has 0 spiro atoms. The van der Waals surface area contributed by atoms with E-state index in [4.69, 9.17) is 21.1 Å². The highest BCUT2D eigenvalue weighted by Gasteiger charge is 2.36. The number of hydrogen-bond acceptors (Lipinski definition) is 5. The number of halogens is 1. The van der Waals surface area contributed by atoms with Gasteiger partial charge in [0.05, 0.1) is 6.61 Å². The third-order valence-corrected chi connectivity index (χ3v) is 7.59. The monoisotopic (exact) mass is 508 g/mol. The summed E-state index contributed by atoms with van der Waals surface area (Å²) in [6.07, 6.45) is 6.11. The first-order valence-electron chi connectivity index (χ1n) is 13.0. The Balaban J connectivity index is 1.02. The van der Waals surface area contributed by atoms with Gasteiger partial charge in [0.25, 0.3) is 5.91 Å². The largest absolute Gasteiger partial charge is 0.493 e. The Morgan fingerprint density at radius 2 is 1.83 bits per heavy atom. The van der Waals surface area contributed by atoms with E-state index in [2.05, 4.69) is 10.2 Å². The summed E-state index contributed by atoms with van der Waals surface area (Å²) in [5, 5.41) is 3.77. The zero-order chi connectivity index (χ0) is 25.1. The molecule has 0 bridgehead atoms. The van der Waals surface area contributed by atoms with Gasteiger partial charge in [0.1, 0.15) is 17.1 Å². The van der Waals surface area contributed by atoms with Gasteiger partial charge in [-0.2, -0.15) is 0 Å². The summed E-state index contributed by atoms with van der Waals surface area (Å²) in [5.74, 6) is 2.13. The van der Waals surface area contributed by atoms with Gasteiger partial charge in [0.15, 0.2) is 5.76 Å². The molecule has 1 saturated carbocycles. The maximum absolute atomic E-state index is 13.0. The SMILES string of the molecule is C/C(=C1\Oc2cccc(OCCCCN3CCC(NC(=O)c4ccc(Cl)cc4)CC3)c2C1=O)C1CC1. The van der Waals surface area contributed by atoms with Crippen molar-refractivity contribution in [2.24, 2.45) is 5.92 Å². The van der Waals surface area contributed by atoms with E-state index in [9.17, 15) is 9.59 Å². The number of benzene rings is 2. The molecular weight excluding hydrogens is 476 g/mol. The van der Waals surface area contributed by atoms with Crippen molar-refractivity contribution in [3.8, 4) is 11.5 Å². The molecule has 0 atom stereocenters. The molecular formula is C29H33ClN2O4. The minimum absolute atomic E-state index is 0.0381. The quantitative estimate of drug-likeness (QED) is 0.350. The number of Topliss-reactive ketones (excluding diaryl/α,β-unsaturated/α-hetero) is 1. The highest BCUT2D eigenvalue weighted by atomic mass is 35.5. The molecule has 0 unspecified atom stereocenters. The number of nitrogens with one attached hydrogen (secondary N) is 1. The molecule has 7 heteroatoms. The molecule has 1 saturated heterocycles. The van der Waals surface area contributed by atoms with Crippen LogP contribution in [0.2, 0.25) is 5.02 Å². The standard InChI is InChI=1S/C29H33ClN2O4/c1-19(20-7-8-20)28-27(33)26-24(5-4-6-25(26)36-28)35-18-3-2-15-32-16-13-23(14-17-32)31-29(34)21-9-11-22(30)12-10-21/h4-6,9-12,20,23H,2-3,7-8,13-18H2,1H3,(H,31,34)/b28-19+. The number of ketones is 1. The van der Waals surface area contributed by atoms with Crippen LogP contribution in [0.25, 0.3) is 0 Å². The van der Waals surface area contributed by atoms with Crippen LogP contribution >= 0.6 is 11.6 Å². The Kier molecular flexibility index (Phi) is 7.63. The fourth-order valence-corrected chi connectivity index (χ4v) is 5.09. The Hall–Kier alpha value is -2.83. The molecule has 190 valence electrons. The second-order valence-electron chi connectivity index (χ2n) is 10.00. The second kappa shape index (κ2) is 11.1. The van der Waals surface area contributed by atoms with Gasteiger partial charge in [-0.1, -0.05) is 17.7 Å². The van der Waals surface area contributed by atoms with Crippen LogP contribution in [0.1, 0.15) is 66.2 Å². The summed E-state index contributed by atoms with van der Waals surface area (Å²) in [5.41, 5.74) is 2.27. The van der Waals surface area contributed by atoms with Crippen molar-refractivity contribution in [2.75, 3.05) is 26.2 Å². The Morgan fingerprint density at radius 1 is 1.08 bits per heavy atom. The van der Waals surface area contributed by atoms with Gasteiger partial charge >= 0.3 is 0 Å². The fraction of sp³-hybridized carbons (Fsp3) is 0.448. The van der Waals surface area contributed by atoms with Gasteiger partial charge in [-0.05, 0) is 99.9 Å². The maximum atomic E-state index is 13.0. The summed E-state index contributed by atoms with van der Waals surface area (Å²) in [7, 11) is 0. The van der Waals surface area contributed by atoms with E-state index in [-0.39, 0.29) is 17.7 Å². The molecule has 2 aromatic carbocycles. The molecule has 2 heterocycles. The van der Waals surface area contributed by atoms with Crippen molar-refractivity contribution in [3.05, 3.63) is 69.9 Å². The molecule has 1 aliphatic carbocycles. The molecule has 2 fully saturated rings. The smallest absolute Gasteiger partial charge is 0.251 e. The minimum Gasteiger partial charge on any atom is -0.493 e. The number of carbonyl (C=O) groups is 2. The zero-order valence-electron chi connectivity index (χ0n) is 20.7. The number of carbonyl (C=O) groups excluding carboxylic acids is 2. The first-order valence-corrected chi connectivity index (χ1v) is 13.4. The van der Waals surface area contributed by atoms with Crippen LogP contribution in [-0.2, 0) is 0 Å². The number of ether oxygens (including phenoxy) is 2. The highest BCUT2D eigenvalue weighted by Crippen LogP contribution is 2.43. The van der Waals surface area contributed by atoms with Crippen molar-refractivity contribution in [1.82, 2.24) is 10.2 Å². The molecule has 36 heavy (non-hydrogen) atoms. The number of hydrogen-bond donors (Lipinski definition) is 1. The number of piperidine rings is 1. The first kappa shape index (κ1) is 24.8. The fourth-order valence-electron chi connectivity index (χ4n) is 4.96. The number of amides is 1. The predicted molar refractivity (Wildman–Crippen MR) is 140 cm³/mol. The molecule has 2 aliphatic heterocycles. The summed E-state index contributed by atoms with van der Waals surface area (Å²) < 4.78 is 11.9. The number of unbranched alkanes of at least 4 members (excludes halogenated alkanes) is 1. The molecule has 1 N–H and O–H groups in total. The van der Waals surface area contributed by atoms with Crippen LogP contribution in [0.15, 0.2) is 53.8 Å².